The van der Waals surface area contributed by atoms with Gasteiger partial charge in [-0.2, -0.15) is 0 Å². The monoisotopic (exact) mass is 517 g/mol. The summed E-state index contributed by atoms with van der Waals surface area (Å²) in [5.41, 5.74) is 0.793. The number of ether oxygens (including phenoxy) is 3. The summed E-state index contributed by atoms with van der Waals surface area (Å²) >= 11 is 6.12. The van der Waals surface area contributed by atoms with Crippen molar-refractivity contribution in [1.29, 1.82) is 0 Å². The zero-order chi connectivity index (χ0) is 25.9. The van der Waals surface area contributed by atoms with Gasteiger partial charge < -0.3 is 24.8 Å². The molecule has 2 aromatic rings. The van der Waals surface area contributed by atoms with Crippen molar-refractivity contribution in [2.45, 2.75) is 45.6 Å². The van der Waals surface area contributed by atoms with Crippen LogP contribution in [0.2, 0.25) is 5.02 Å². The number of halogens is 1. The highest BCUT2D eigenvalue weighted by Gasteiger charge is 2.28. The van der Waals surface area contributed by atoms with Crippen LogP contribution in [0, 0.1) is 5.92 Å². The van der Waals surface area contributed by atoms with E-state index in [2.05, 4.69) is 15.6 Å². The smallest absolute Gasteiger partial charge is 0.308 e. The Bertz CT molecular complexity index is 1040. The normalized spacial score (nSPS) is 17.1. The molecule has 0 saturated heterocycles. The van der Waals surface area contributed by atoms with Gasteiger partial charge in [0.2, 0.25) is 5.88 Å². The Morgan fingerprint density at radius 1 is 0.944 bits per heavy atom. The SMILES string of the molecule is CCOc1ccc(C(=O)NCCNC(=O)c2ccc(O[C@H]3CC[C@@H](C(=O)OCC)CC3)nc2)cc1Cl. The van der Waals surface area contributed by atoms with Crippen LogP contribution < -0.4 is 20.1 Å². The Balaban J connectivity index is 1.38. The molecule has 1 saturated carbocycles. The fourth-order valence-corrected chi connectivity index (χ4v) is 4.14. The van der Waals surface area contributed by atoms with Crippen molar-refractivity contribution >= 4 is 29.4 Å². The third-order valence-corrected chi connectivity index (χ3v) is 6.07. The second-order valence-electron chi connectivity index (χ2n) is 8.32. The number of nitrogens with one attached hydrogen (secondary N) is 2. The molecule has 1 fully saturated rings. The molecule has 0 spiro atoms. The molecule has 1 aliphatic rings. The minimum atomic E-state index is -0.303. The van der Waals surface area contributed by atoms with E-state index < -0.39 is 0 Å². The largest absolute Gasteiger partial charge is 0.492 e. The molecule has 3 rings (SSSR count). The molecular formula is C26H32ClN3O6. The molecule has 36 heavy (non-hydrogen) atoms. The van der Waals surface area contributed by atoms with Gasteiger partial charge in [-0.1, -0.05) is 11.6 Å². The maximum atomic E-state index is 12.4. The van der Waals surface area contributed by atoms with Gasteiger partial charge in [-0.25, -0.2) is 4.98 Å². The third kappa shape index (κ3) is 7.84. The van der Waals surface area contributed by atoms with E-state index in [1.165, 1.54) is 6.20 Å². The van der Waals surface area contributed by atoms with Crippen LogP contribution in [0.4, 0.5) is 0 Å². The summed E-state index contributed by atoms with van der Waals surface area (Å²) < 4.78 is 16.4. The summed E-state index contributed by atoms with van der Waals surface area (Å²) in [6, 6.07) is 8.12. The first kappa shape index (κ1) is 27.3. The minimum absolute atomic E-state index is 0.0169. The van der Waals surface area contributed by atoms with E-state index in [0.29, 0.717) is 41.0 Å². The molecule has 0 aliphatic heterocycles. The fourth-order valence-electron chi connectivity index (χ4n) is 3.90. The Morgan fingerprint density at radius 2 is 1.61 bits per heavy atom. The van der Waals surface area contributed by atoms with E-state index in [0.717, 1.165) is 25.7 Å². The van der Waals surface area contributed by atoms with Crippen molar-refractivity contribution in [2.75, 3.05) is 26.3 Å². The molecule has 0 atom stereocenters. The van der Waals surface area contributed by atoms with Gasteiger partial charge in [-0.3, -0.25) is 14.4 Å². The maximum absolute atomic E-state index is 12.4. The maximum Gasteiger partial charge on any atom is 0.308 e. The van der Waals surface area contributed by atoms with E-state index in [4.69, 9.17) is 25.8 Å². The van der Waals surface area contributed by atoms with Gasteiger partial charge in [0.15, 0.2) is 0 Å². The first-order valence-corrected chi connectivity index (χ1v) is 12.6. The topological polar surface area (TPSA) is 116 Å². The molecular weight excluding hydrogens is 486 g/mol. The lowest BCUT2D eigenvalue weighted by molar-refractivity contribution is -0.149. The molecule has 1 aromatic carbocycles. The second-order valence-corrected chi connectivity index (χ2v) is 8.73. The molecule has 1 heterocycles. The third-order valence-electron chi connectivity index (χ3n) is 5.77. The summed E-state index contributed by atoms with van der Waals surface area (Å²) in [5.74, 6) is 0.162. The molecule has 0 bridgehead atoms. The van der Waals surface area contributed by atoms with E-state index in [1.54, 1.807) is 30.3 Å². The van der Waals surface area contributed by atoms with Gasteiger partial charge in [-0.15, -0.1) is 0 Å². The second kappa shape index (κ2) is 13.7. The molecule has 9 nitrogen and oxygen atoms in total. The molecule has 194 valence electrons. The van der Waals surface area contributed by atoms with E-state index in [-0.39, 0.29) is 42.9 Å². The molecule has 2 amide bonds. The highest BCUT2D eigenvalue weighted by atomic mass is 35.5. The average Bonchev–Trinajstić information content (AvgIpc) is 2.88. The molecule has 10 heteroatoms. The Labute approximate surface area is 215 Å². The first-order chi connectivity index (χ1) is 17.4. The van der Waals surface area contributed by atoms with E-state index >= 15 is 0 Å². The Hall–Kier alpha value is -3.33. The number of nitrogens with zero attached hydrogens (tertiary/aromatic N) is 1. The molecule has 1 aliphatic carbocycles. The quantitative estimate of drug-likeness (QED) is 0.344. The number of benzene rings is 1. The van der Waals surface area contributed by atoms with Crippen LogP contribution in [0.3, 0.4) is 0 Å². The molecule has 1 aromatic heterocycles. The van der Waals surface area contributed by atoms with Gasteiger partial charge in [0, 0.05) is 30.9 Å². The lowest BCUT2D eigenvalue weighted by Gasteiger charge is -2.27. The zero-order valence-electron chi connectivity index (χ0n) is 20.6. The van der Waals surface area contributed by atoms with Crippen LogP contribution in [-0.2, 0) is 9.53 Å². The fraction of sp³-hybridized carbons (Fsp3) is 0.462. The average molecular weight is 518 g/mol. The highest BCUT2D eigenvalue weighted by Crippen LogP contribution is 2.28. The van der Waals surface area contributed by atoms with Crippen LogP contribution in [0.1, 0.15) is 60.2 Å². The van der Waals surface area contributed by atoms with Crippen molar-refractivity contribution in [3.63, 3.8) is 0 Å². The minimum Gasteiger partial charge on any atom is -0.492 e. The number of rotatable bonds is 11. The van der Waals surface area contributed by atoms with Gasteiger partial charge >= 0.3 is 5.97 Å². The van der Waals surface area contributed by atoms with E-state index in [1.807, 2.05) is 13.8 Å². The zero-order valence-corrected chi connectivity index (χ0v) is 21.3. The summed E-state index contributed by atoms with van der Waals surface area (Å²) in [7, 11) is 0. The lowest BCUT2D eigenvalue weighted by Crippen LogP contribution is -2.34. The summed E-state index contributed by atoms with van der Waals surface area (Å²) in [6.45, 7) is 5.03. The van der Waals surface area contributed by atoms with Crippen molar-refractivity contribution in [3.8, 4) is 11.6 Å². The lowest BCUT2D eigenvalue weighted by atomic mass is 9.87. The van der Waals surface area contributed by atoms with Crippen LogP contribution in [-0.4, -0.2) is 55.2 Å². The summed E-state index contributed by atoms with van der Waals surface area (Å²) in [6.07, 6.45) is 4.40. The number of aromatic nitrogens is 1. The predicted octanol–water partition coefficient (Wildman–Crippen LogP) is 3.79. The number of amides is 2. The number of esters is 1. The number of carbonyl (C=O) groups excluding carboxylic acids is 3. The number of pyridine rings is 1. The van der Waals surface area contributed by atoms with E-state index in [9.17, 15) is 14.4 Å². The van der Waals surface area contributed by atoms with Crippen LogP contribution in [0.15, 0.2) is 36.5 Å². The van der Waals surface area contributed by atoms with Gasteiger partial charge in [0.25, 0.3) is 11.8 Å². The van der Waals surface area contributed by atoms with Gasteiger partial charge in [0.1, 0.15) is 11.9 Å². The van der Waals surface area contributed by atoms with Crippen molar-refractivity contribution in [1.82, 2.24) is 15.6 Å². The van der Waals surface area contributed by atoms with Crippen molar-refractivity contribution < 1.29 is 28.6 Å². The predicted molar refractivity (Wildman–Crippen MR) is 135 cm³/mol. The number of hydrogen-bond donors (Lipinski definition) is 2. The van der Waals surface area contributed by atoms with Crippen molar-refractivity contribution in [3.05, 3.63) is 52.7 Å². The molecule has 2 N–H and O–H groups in total. The first-order valence-electron chi connectivity index (χ1n) is 12.2. The van der Waals surface area contributed by atoms with Gasteiger partial charge in [-0.05, 0) is 63.8 Å². The van der Waals surface area contributed by atoms with Gasteiger partial charge in [0.05, 0.1) is 29.7 Å². The van der Waals surface area contributed by atoms with Crippen LogP contribution in [0.25, 0.3) is 0 Å². The van der Waals surface area contributed by atoms with Crippen molar-refractivity contribution in [2.24, 2.45) is 5.92 Å². The molecule has 0 unspecified atom stereocenters. The summed E-state index contributed by atoms with van der Waals surface area (Å²) in [4.78, 5) is 40.8. The number of carbonyl (C=O) groups is 3. The van der Waals surface area contributed by atoms with Crippen LogP contribution >= 0.6 is 11.6 Å². The standard InChI is InChI=1S/C26H32ClN3O6/c1-3-34-22-11-7-18(15-21(22)27)24(31)28-13-14-29-25(32)19-8-12-23(30-16-19)36-20-9-5-17(6-10-20)26(33)35-4-2/h7-8,11-12,15-17,20H,3-6,9-10,13-14H2,1-2H3,(H,28,31)(H,29,32)/t17-,20+. The number of hydrogen-bond acceptors (Lipinski definition) is 7. The molecule has 0 radical (unpaired) electrons. The Kier molecular flexibility index (Phi) is 10.4. The highest BCUT2D eigenvalue weighted by molar-refractivity contribution is 6.32. The Morgan fingerprint density at radius 3 is 2.19 bits per heavy atom. The van der Waals surface area contributed by atoms with Crippen LogP contribution in [0.5, 0.6) is 11.6 Å². The summed E-state index contributed by atoms with van der Waals surface area (Å²) in [5, 5.41) is 5.85.